The summed E-state index contributed by atoms with van der Waals surface area (Å²) in [7, 11) is 0. The van der Waals surface area contributed by atoms with Gasteiger partial charge in [-0.3, -0.25) is 4.79 Å². The number of carbonyl (C=O) groups is 1. The molecule has 0 saturated heterocycles. The van der Waals surface area contributed by atoms with E-state index in [4.69, 9.17) is 0 Å². The summed E-state index contributed by atoms with van der Waals surface area (Å²) in [6.45, 7) is 8.74. The molecule has 1 aliphatic rings. The van der Waals surface area contributed by atoms with Gasteiger partial charge in [-0.2, -0.15) is 0 Å². The summed E-state index contributed by atoms with van der Waals surface area (Å²) >= 11 is 0. The van der Waals surface area contributed by atoms with Crippen molar-refractivity contribution in [1.82, 2.24) is 35.4 Å². The van der Waals surface area contributed by atoms with Crippen LogP contribution in [0.15, 0.2) is 6.33 Å². The number of carbonyl (C=O) groups excluding carboxylic acids is 1. The largest absolute Gasteiger partial charge is 0.348 e. The van der Waals surface area contributed by atoms with Crippen molar-refractivity contribution in [3.8, 4) is 0 Å². The minimum Gasteiger partial charge on any atom is -0.348 e. The lowest BCUT2D eigenvalue weighted by Gasteiger charge is -2.21. The van der Waals surface area contributed by atoms with E-state index in [0.717, 1.165) is 49.8 Å². The van der Waals surface area contributed by atoms with Crippen molar-refractivity contribution in [2.75, 3.05) is 13.1 Å². The molecule has 1 unspecified atom stereocenters. The van der Waals surface area contributed by atoms with E-state index in [1.54, 1.807) is 0 Å². The van der Waals surface area contributed by atoms with Crippen molar-refractivity contribution in [3.63, 3.8) is 0 Å². The maximum atomic E-state index is 12.6. The lowest BCUT2D eigenvalue weighted by Crippen LogP contribution is -2.32. The molecule has 8 heteroatoms. The highest BCUT2D eigenvalue weighted by molar-refractivity contribution is 5.93. The number of fused-ring (bicyclic) bond motifs is 1. The Kier molecular flexibility index (Phi) is 4.94. The minimum absolute atomic E-state index is 0.173. The average Bonchev–Trinajstić information content (AvgIpc) is 3.06. The van der Waals surface area contributed by atoms with Crippen molar-refractivity contribution in [3.05, 3.63) is 29.4 Å². The van der Waals surface area contributed by atoms with E-state index in [2.05, 4.69) is 49.2 Å². The van der Waals surface area contributed by atoms with Crippen LogP contribution in [-0.2, 0) is 13.0 Å². The fourth-order valence-corrected chi connectivity index (χ4v) is 3.07. The van der Waals surface area contributed by atoms with Gasteiger partial charge >= 0.3 is 0 Å². The Hall–Kier alpha value is -2.22. The fourth-order valence-electron chi connectivity index (χ4n) is 3.07. The Morgan fingerprint density at radius 2 is 2.21 bits per heavy atom. The number of imidazole rings is 1. The van der Waals surface area contributed by atoms with Crippen molar-refractivity contribution < 1.29 is 4.79 Å². The second kappa shape index (κ2) is 7.12. The van der Waals surface area contributed by atoms with Gasteiger partial charge in [0.2, 0.25) is 0 Å². The van der Waals surface area contributed by atoms with Crippen LogP contribution in [0.3, 0.4) is 0 Å². The Balaban J connectivity index is 1.86. The van der Waals surface area contributed by atoms with Gasteiger partial charge in [-0.05, 0) is 19.3 Å². The lowest BCUT2D eigenvalue weighted by molar-refractivity contribution is 0.0923. The van der Waals surface area contributed by atoms with E-state index < -0.39 is 0 Å². The predicted octanol–water partition coefficient (Wildman–Crippen LogP) is 0.973. The first-order valence-corrected chi connectivity index (χ1v) is 8.49. The van der Waals surface area contributed by atoms with Crippen LogP contribution in [0.5, 0.6) is 0 Å². The van der Waals surface area contributed by atoms with Gasteiger partial charge in [-0.15, -0.1) is 10.2 Å². The summed E-state index contributed by atoms with van der Waals surface area (Å²) < 4.78 is 2.14. The molecule has 1 aliphatic heterocycles. The molecule has 3 N–H and O–H groups in total. The Bertz CT molecular complexity index is 703. The monoisotopic (exact) mass is 331 g/mol. The van der Waals surface area contributed by atoms with Crippen LogP contribution in [0.1, 0.15) is 54.1 Å². The zero-order valence-corrected chi connectivity index (χ0v) is 14.5. The van der Waals surface area contributed by atoms with Crippen molar-refractivity contribution in [2.45, 2.75) is 46.2 Å². The number of hydrogen-bond donors (Lipinski definition) is 3. The molecule has 1 atom stereocenters. The number of aromatic nitrogens is 5. The molecule has 1 amide bonds. The fraction of sp³-hybridized carbons (Fsp3) is 0.625. The maximum absolute atomic E-state index is 12.6. The zero-order chi connectivity index (χ0) is 17.1. The van der Waals surface area contributed by atoms with Gasteiger partial charge in [-0.1, -0.05) is 13.8 Å². The number of aryl methyl sites for hydroxylation is 1. The molecular weight excluding hydrogens is 306 g/mol. The highest BCUT2D eigenvalue weighted by Crippen LogP contribution is 2.22. The van der Waals surface area contributed by atoms with Crippen LogP contribution in [0, 0.1) is 12.8 Å². The van der Waals surface area contributed by atoms with Gasteiger partial charge in [0.25, 0.3) is 5.91 Å². The number of amides is 1. The van der Waals surface area contributed by atoms with Crippen LogP contribution in [0.25, 0.3) is 0 Å². The molecule has 0 aromatic carbocycles. The average molecular weight is 331 g/mol. The van der Waals surface area contributed by atoms with Crippen molar-refractivity contribution in [1.29, 1.82) is 0 Å². The molecule has 2 aromatic rings. The molecule has 8 nitrogen and oxygen atoms in total. The molecule has 0 aliphatic carbocycles. The normalized spacial score (nSPS) is 15.8. The summed E-state index contributed by atoms with van der Waals surface area (Å²) in [6, 6.07) is -0.173. The van der Waals surface area contributed by atoms with E-state index in [0.29, 0.717) is 11.6 Å². The molecule has 0 bridgehead atoms. The van der Waals surface area contributed by atoms with Gasteiger partial charge < -0.3 is 20.2 Å². The minimum atomic E-state index is -0.177. The molecule has 130 valence electrons. The quantitative estimate of drug-likeness (QED) is 0.758. The van der Waals surface area contributed by atoms with E-state index in [1.165, 1.54) is 6.33 Å². The van der Waals surface area contributed by atoms with Gasteiger partial charge in [-0.25, -0.2) is 4.98 Å². The summed E-state index contributed by atoms with van der Waals surface area (Å²) in [5.74, 6) is 2.06. The second-order valence-electron chi connectivity index (χ2n) is 6.66. The van der Waals surface area contributed by atoms with Gasteiger partial charge in [0.15, 0.2) is 5.82 Å². The third-order valence-corrected chi connectivity index (χ3v) is 4.26. The number of H-pyrrole nitrogens is 1. The highest BCUT2D eigenvalue weighted by atomic mass is 16.2. The predicted molar refractivity (Wildman–Crippen MR) is 89.6 cm³/mol. The molecule has 0 spiro atoms. The van der Waals surface area contributed by atoms with E-state index in [1.807, 2.05) is 6.92 Å². The molecule has 3 rings (SSSR count). The van der Waals surface area contributed by atoms with Crippen LogP contribution in [0.2, 0.25) is 0 Å². The number of nitrogens with zero attached hydrogens (tertiary/aromatic N) is 4. The Morgan fingerprint density at radius 3 is 2.92 bits per heavy atom. The second-order valence-corrected chi connectivity index (χ2v) is 6.66. The van der Waals surface area contributed by atoms with Gasteiger partial charge in [0.1, 0.15) is 11.5 Å². The molecule has 3 heterocycles. The van der Waals surface area contributed by atoms with Crippen LogP contribution >= 0.6 is 0 Å². The molecule has 0 saturated carbocycles. The smallest absolute Gasteiger partial charge is 0.272 e. The first-order valence-electron chi connectivity index (χ1n) is 8.49. The number of hydrogen-bond acceptors (Lipinski definition) is 5. The highest BCUT2D eigenvalue weighted by Gasteiger charge is 2.26. The molecule has 0 fully saturated rings. The Labute approximate surface area is 141 Å². The summed E-state index contributed by atoms with van der Waals surface area (Å²) in [4.78, 5) is 19.6. The van der Waals surface area contributed by atoms with Crippen molar-refractivity contribution in [2.24, 2.45) is 5.92 Å². The number of aromatic amines is 1. The third-order valence-electron chi connectivity index (χ3n) is 4.26. The molecule has 2 aromatic heterocycles. The van der Waals surface area contributed by atoms with E-state index in [9.17, 15) is 4.79 Å². The molecule has 24 heavy (non-hydrogen) atoms. The van der Waals surface area contributed by atoms with Crippen LogP contribution in [0.4, 0.5) is 0 Å². The van der Waals surface area contributed by atoms with E-state index >= 15 is 0 Å². The van der Waals surface area contributed by atoms with Crippen LogP contribution in [-0.4, -0.2) is 43.7 Å². The molecular formula is C16H25N7O. The van der Waals surface area contributed by atoms with Crippen LogP contribution < -0.4 is 10.6 Å². The Morgan fingerprint density at radius 1 is 1.38 bits per heavy atom. The number of rotatable bonds is 5. The molecule has 0 radical (unpaired) electrons. The zero-order valence-electron chi connectivity index (χ0n) is 14.5. The lowest BCUT2D eigenvalue weighted by atomic mass is 10.0. The summed E-state index contributed by atoms with van der Waals surface area (Å²) in [5, 5.41) is 15.2. The van der Waals surface area contributed by atoms with E-state index in [-0.39, 0.29) is 11.9 Å². The topological polar surface area (TPSA) is 101 Å². The summed E-state index contributed by atoms with van der Waals surface area (Å²) in [5.41, 5.74) is 1.20. The first-order chi connectivity index (χ1) is 11.6. The van der Waals surface area contributed by atoms with Gasteiger partial charge in [0.05, 0.1) is 12.4 Å². The van der Waals surface area contributed by atoms with Gasteiger partial charge in [0, 0.05) is 31.7 Å². The first kappa shape index (κ1) is 16.6. The summed E-state index contributed by atoms with van der Waals surface area (Å²) in [6.07, 6.45) is 3.20. The maximum Gasteiger partial charge on any atom is 0.272 e. The van der Waals surface area contributed by atoms with Crippen molar-refractivity contribution >= 4 is 5.91 Å². The third kappa shape index (κ3) is 3.48. The number of nitrogens with one attached hydrogen (secondary N) is 3. The SMILES string of the molecule is Cc1[nH]cnc1C(=O)NC(CC(C)C)c1nnc2n1CCNCC2. The standard InChI is InChI=1S/C16H25N7O/c1-10(2)8-12(20-16(24)14-11(3)18-9-19-14)15-22-21-13-4-5-17-6-7-23(13)15/h9-10,12,17H,4-8H2,1-3H3,(H,18,19)(H,20,24).